The summed E-state index contributed by atoms with van der Waals surface area (Å²) in [5.74, 6) is -0.314. The average Bonchev–Trinajstić information content (AvgIpc) is 2.79. The molecule has 24 heavy (non-hydrogen) atoms. The van der Waals surface area contributed by atoms with E-state index in [1.807, 2.05) is 20.8 Å². The molecule has 0 aromatic heterocycles. The van der Waals surface area contributed by atoms with Gasteiger partial charge in [-0.25, -0.2) is 4.79 Å². The predicted octanol–water partition coefficient (Wildman–Crippen LogP) is 3.38. The number of unbranched alkanes of at least 4 members (excludes halogenated alkanes) is 1. The van der Waals surface area contributed by atoms with Gasteiger partial charge in [-0.15, -0.1) is 0 Å². The van der Waals surface area contributed by atoms with Gasteiger partial charge in [0.2, 0.25) is 0 Å². The second-order valence-corrected chi connectivity index (χ2v) is 7.14. The number of hydrogen-bond acceptors (Lipinski definition) is 5. The predicted molar refractivity (Wildman–Crippen MR) is 91.3 cm³/mol. The van der Waals surface area contributed by atoms with Gasteiger partial charge in [-0.3, -0.25) is 9.69 Å². The molecule has 1 aliphatic heterocycles. The highest BCUT2D eigenvalue weighted by molar-refractivity contribution is 5.72. The summed E-state index contributed by atoms with van der Waals surface area (Å²) >= 11 is 0. The highest BCUT2D eigenvalue weighted by Crippen LogP contribution is 2.33. The van der Waals surface area contributed by atoms with E-state index in [2.05, 4.69) is 11.7 Å². The van der Waals surface area contributed by atoms with Crippen molar-refractivity contribution in [2.75, 3.05) is 7.11 Å². The van der Waals surface area contributed by atoms with Gasteiger partial charge in [0.1, 0.15) is 5.60 Å². The maximum Gasteiger partial charge on any atom is 0.414 e. The lowest BCUT2D eigenvalue weighted by Crippen LogP contribution is -2.39. The Balaban J connectivity index is 2.92. The van der Waals surface area contributed by atoms with Crippen LogP contribution < -0.4 is 0 Å². The fraction of sp³-hybridized carbons (Fsp3) is 0.778. The summed E-state index contributed by atoms with van der Waals surface area (Å²) in [5.41, 5.74) is -0.0638. The second-order valence-electron chi connectivity index (χ2n) is 7.14. The van der Waals surface area contributed by atoms with Gasteiger partial charge in [-0.05, 0) is 40.0 Å². The minimum absolute atomic E-state index is 0.0702. The third-order valence-corrected chi connectivity index (χ3v) is 3.89. The Bertz CT molecular complexity index is 467. The van der Waals surface area contributed by atoms with Crippen LogP contribution in [0.5, 0.6) is 0 Å². The number of hydrogen-bond donors (Lipinski definition) is 1. The number of aliphatic hydroxyl groups excluding tert-OH is 1. The van der Waals surface area contributed by atoms with E-state index in [9.17, 15) is 14.7 Å². The fourth-order valence-electron chi connectivity index (χ4n) is 2.78. The van der Waals surface area contributed by atoms with Crippen LogP contribution in [0.4, 0.5) is 4.79 Å². The maximum atomic E-state index is 12.6. The molecule has 1 aliphatic rings. The normalized spacial score (nSPS) is 22.8. The van der Waals surface area contributed by atoms with E-state index < -0.39 is 17.8 Å². The summed E-state index contributed by atoms with van der Waals surface area (Å²) in [5, 5.41) is 10.4. The Morgan fingerprint density at radius 3 is 2.58 bits per heavy atom. The summed E-state index contributed by atoms with van der Waals surface area (Å²) in [6, 6.07) is -0.0702. The lowest BCUT2D eigenvalue weighted by atomic mass is 10.1. The van der Waals surface area contributed by atoms with Crippen molar-refractivity contribution >= 4 is 12.1 Å². The largest absolute Gasteiger partial charge is 0.469 e. The van der Waals surface area contributed by atoms with Gasteiger partial charge >= 0.3 is 12.1 Å². The van der Waals surface area contributed by atoms with Gasteiger partial charge in [0.25, 0.3) is 0 Å². The number of carbonyl (C=O) groups is 2. The molecule has 0 aliphatic carbocycles. The Morgan fingerprint density at radius 2 is 2.04 bits per heavy atom. The van der Waals surface area contributed by atoms with E-state index in [-0.39, 0.29) is 18.4 Å². The lowest BCUT2D eigenvalue weighted by Gasteiger charge is -2.29. The minimum Gasteiger partial charge on any atom is -0.469 e. The van der Waals surface area contributed by atoms with Crippen molar-refractivity contribution in [1.82, 2.24) is 4.90 Å². The third-order valence-electron chi connectivity index (χ3n) is 3.89. The van der Waals surface area contributed by atoms with Crippen molar-refractivity contribution in [3.8, 4) is 0 Å². The van der Waals surface area contributed by atoms with Crippen LogP contribution in [-0.4, -0.2) is 46.9 Å². The van der Waals surface area contributed by atoms with Gasteiger partial charge in [0.05, 0.1) is 13.2 Å². The number of aliphatic hydroxyl groups is 1. The van der Waals surface area contributed by atoms with Crippen LogP contribution in [0.3, 0.4) is 0 Å². The standard InChI is InChI=1S/C18H31NO5/c1-6-7-9-13-12-15(20)14(10-8-11-16(21)23-5)19(13)17(22)24-18(2,3)4/h10,13,15,20H,6-9,11-12H2,1-5H3/b14-10+/t13-,15+/m1/s1. The smallest absolute Gasteiger partial charge is 0.414 e. The van der Waals surface area contributed by atoms with E-state index >= 15 is 0 Å². The van der Waals surface area contributed by atoms with Gasteiger partial charge in [0.15, 0.2) is 0 Å². The van der Waals surface area contributed by atoms with E-state index in [0.29, 0.717) is 18.5 Å². The first-order valence-electron chi connectivity index (χ1n) is 8.66. The van der Waals surface area contributed by atoms with E-state index in [0.717, 1.165) is 19.3 Å². The summed E-state index contributed by atoms with van der Waals surface area (Å²) in [6.07, 6.45) is 4.55. The Hall–Kier alpha value is -1.56. The van der Waals surface area contributed by atoms with E-state index in [1.54, 1.807) is 11.0 Å². The highest BCUT2D eigenvalue weighted by atomic mass is 16.6. The quantitative estimate of drug-likeness (QED) is 0.750. The van der Waals surface area contributed by atoms with Crippen LogP contribution in [0.15, 0.2) is 11.8 Å². The SMILES string of the molecule is CCCC[C@@H]1C[C@H](O)/C(=C\CCC(=O)OC)N1C(=O)OC(C)(C)C. The third kappa shape index (κ3) is 6.15. The Kier molecular flexibility index (Phi) is 7.73. The number of rotatable bonds is 6. The molecule has 0 unspecified atom stereocenters. The highest BCUT2D eigenvalue weighted by Gasteiger charge is 2.40. The van der Waals surface area contributed by atoms with Gasteiger partial charge in [-0.1, -0.05) is 25.8 Å². The Morgan fingerprint density at radius 1 is 1.38 bits per heavy atom. The minimum atomic E-state index is -0.711. The van der Waals surface area contributed by atoms with Crippen LogP contribution in [-0.2, 0) is 14.3 Å². The molecule has 0 radical (unpaired) electrons. The zero-order chi connectivity index (χ0) is 18.3. The van der Waals surface area contributed by atoms with E-state index in [1.165, 1.54) is 7.11 Å². The first-order chi connectivity index (χ1) is 11.2. The van der Waals surface area contributed by atoms with Crippen LogP contribution in [0.2, 0.25) is 0 Å². The van der Waals surface area contributed by atoms with Crippen LogP contribution in [0.1, 0.15) is 66.2 Å². The number of carbonyl (C=O) groups excluding carboxylic acids is 2. The van der Waals surface area contributed by atoms with Crippen molar-refractivity contribution in [2.24, 2.45) is 0 Å². The molecule has 1 saturated heterocycles. The molecule has 0 saturated carbocycles. The number of ether oxygens (including phenoxy) is 2. The molecule has 1 rings (SSSR count). The molecule has 1 fully saturated rings. The van der Waals surface area contributed by atoms with Crippen molar-refractivity contribution in [2.45, 2.75) is 84.0 Å². The molecule has 2 atom stereocenters. The lowest BCUT2D eigenvalue weighted by molar-refractivity contribution is -0.140. The molecule has 1 heterocycles. The van der Waals surface area contributed by atoms with Crippen LogP contribution in [0.25, 0.3) is 0 Å². The van der Waals surface area contributed by atoms with Crippen molar-refractivity contribution in [3.63, 3.8) is 0 Å². The molecule has 0 aromatic rings. The van der Waals surface area contributed by atoms with Crippen LogP contribution >= 0.6 is 0 Å². The molecular formula is C18H31NO5. The summed E-state index contributed by atoms with van der Waals surface area (Å²) in [4.78, 5) is 25.4. The topological polar surface area (TPSA) is 76.1 Å². The maximum absolute atomic E-state index is 12.6. The number of nitrogens with zero attached hydrogens (tertiary/aromatic N) is 1. The number of likely N-dealkylation sites (tertiary alicyclic amines) is 1. The molecule has 6 heteroatoms. The fourth-order valence-corrected chi connectivity index (χ4v) is 2.78. The summed E-state index contributed by atoms with van der Waals surface area (Å²) in [6.45, 7) is 7.55. The van der Waals surface area contributed by atoms with Crippen molar-refractivity contribution in [1.29, 1.82) is 0 Å². The number of methoxy groups -OCH3 is 1. The molecule has 0 bridgehead atoms. The summed E-state index contributed by atoms with van der Waals surface area (Å²) in [7, 11) is 1.34. The van der Waals surface area contributed by atoms with Gasteiger partial charge in [-0.2, -0.15) is 0 Å². The molecular weight excluding hydrogens is 310 g/mol. The second kappa shape index (κ2) is 9.06. The molecule has 0 spiro atoms. The number of allylic oxidation sites excluding steroid dienone is 1. The molecule has 138 valence electrons. The monoisotopic (exact) mass is 341 g/mol. The average molecular weight is 341 g/mol. The van der Waals surface area contributed by atoms with Crippen LogP contribution in [0, 0.1) is 0 Å². The number of amides is 1. The van der Waals surface area contributed by atoms with E-state index in [4.69, 9.17) is 4.74 Å². The Labute approximate surface area is 144 Å². The van der Waals surface area contributed by atoms with Gasteiger partial charge in [0, 0.05) is 18.2 Å². The molecule has 1 N–H and O–H groups in total. The zero-order valence-electron chi connectivity index (χ0n) is 15.5. The number of esters is 1. The molecule has 0 aromatic carbocycles. The zero-order valence-corrected chi connectivity index (χ0v) is 15.5. The molecule has 1 amide bonds. The first kappa shape index (κ1) is 20.5. The molecule has 6 nitrogen and oxygen atoms in total. The van der Waals surface area contributed by atoms with Crippen molar-refractivity contribution < 1.29 is 24.2 Å². The summed E-state index contributed by atoms with van der Waals surface area (Å²) < 4.78 is 10.1. The first-order valence-corrected chi connectivity index (χ1v) is 8.66. The van der Waals surface area contributed by atoms with Gasteiger partial charge < -0.3 is 14.6 Å². The van der Waals surface area contributed by atoms with Crippen molar-refractivity contribution in [3.05, 3.63) is 11.8 Å².